The van der Waals surface area contributed by atoms with Gasteiger partial charge in [0.2, 0.25) is 0 Å². The molecule has 0 aliphatic rings. The quantitative estimate of drug-likeness (QED) is 0.710. The second-order valence-electron chi connectivity index (χ2n) is 5.12. The zero-order chi connectivity index (χ0) is 14.7. The van der Waals surface area contributed by atoms with Gasteiger partial charge in [-0.05, 0) is 36.2 Å². The summed E-state index contributed by atoms with van der Waals surface area (Å²) < 4.78 is 7.53. The van der Waals surface area contributed by atoms with Crippen LogP contribution in [0.5, 0.6) is 5.75 Å². The highest BCUT2D eigenvalue weighted by Crippen LogP contribution is 2.18. The Bertz CT molecular complexity index is 729. The lowest BCUT2D eigenvalue weighted by Crippen LogP contribution is -2.05. The Labute approximate surface area is 125 Å². The van der Waals surface area contributed by atoms with Crippen molar-refractivity contribution >= 4 is 11.0 Å². The third-order valence-electron chi connectivity index (χ3n) is 3.83. The van der Waals surface area contributed by atoms with Gasteiger partial charge in [-0.3, -0.25) is 0 Å². The summed E-state index contributed by atoms with van der Waals surface area (Å²) in [7, 11) is 1.69. The van der Waals surface area contributed by atoms with Crippen LogP contribution in [0.2, 0.25) is 0 Å². The van der Waals surface area contributed by atoms with Crippen molar-refractivity contribution < 1.29 is 4.74 Å². The topological polar surface area (TPSA) is 27.1 Å². The third-order valence-corrected chi connectivity index (χ3v) is 3.83. The molecule has 0 fully saturated rings. The Morgan fingerprint density at radius 2 is 1.81 bits per heavy atom. The van der Waals surface area contributed by atoms with Crippen molar-refractivity contribution in [2.24, 2.45) is 0 Å². The van der Waals surface area contributed by atoms with Gasteiger partial charge in [0.05, 0.1) is 18.1 Å². The fourth-order valence-electron chi connectivity index (χ4n) is 2.68. The van der Waals surface area contributed by atoms with Gasteiger partial charge >= 0.3 is 0 Å². The fourth-order valence-corrected chi connectivity index (χ4v) is 2.68. The van der Waals surface area contributed by atoms with Crippen LogP contribution in [0.4, 0.5) is 0 Å². The molecule has 108 valence electrons. The summed E-state index contributed by atoms with van der Waals surface area (Å²) in [6.07, 6.45) is 1.95. The maximum atomic E-state index is 5.20. The number of hydrogen-bond acceptors (Lipinski definition) is 2. The predicted octanol–water partition coefficient (Wildman–Crippen LogP) is 3.85. The van der Waals surface area contributed by atoms with E-state index in [2.05, 4.69) is 41.8 Å². The number of methoxy groups -OCH3 is 1. The Hall–Kier alpha value is -2.29. The molecule has 0 aliphatic carbocycles. The standard InChI is InChI=1S/C18H20N2O/c1-3-18-19-16-6-4-5-7-17(16)20(18)13-12-14-8-10-15(21-2)11-9-14/h4-11H,3,12-13H2,1-2H3. The van der Waals surface area contributed by atoms with Crippen LogP contribution < -0.4 is 4.74 Å². The second-order valence-corrected chi connectivity index (χ2v) is 5.12. The summed E-state index contributed by atoms with van der Waals surface area (Å²) in [6, 6.07) is 16.6. The number of imidazole rings is 1. The largest absolute Gasteiger partial charge is 0.497 e. The molecule has 0 saturated heterocycles. The van der Waals surface area contributed by atoms with E-state index in [4.69, 9.17) is 9.72 Å². The lowest BCUT2D eigenvalue weighted by atomic mass is 10.1. The summed E-state index contributed by atoms with van der Waals surface area (Å²) >= 11 is 0. The van der Waals surface area contributed by atoms with Crippen LogP contribution in [0.3, 0.4) is 0 Å². The Kier molecular flexibility index (Phi) is 3.91. The van der Waals surface area contributed by atoms with Gasteiger partial charge in [-0.25, -0.2) is 4.98 Å². The number of fused-ring (bicyclic) bond motifs is 1. The van der Waals surface area contributed by atoms with E-state index in [-0.39, 0.29) is 0 Å². The van der Waals surface area contributed by atoms with Crippen molar-refractivity contribution in [3.63, 3.8) is 0 Å². The van der Waals surface area contributed by atoms with Gasteiger partial charge in [-0.2, -0.15) is 0 Å². The Morgan fingerprint density at radius 3 is 2.52 bits per heavy atom. The van der Waals surface area contributed by atoms with Crippen LogP contribution in [0.15, 0.2) is 48.5 Å². The van der Waals surface area contributed by atoms with E-state index in [1.165, 1.54) is 11.1 Å². The first-order valence-electron chi connectivity index (χ1n) is 7.39. The van der Waals surface area contributed by atoms with Gasteiger partial charge in [-0.1, -0.05) is 31.2 Å². The molecule has 0 spiro atoms. The van der Waals surface area contributed by atoms with Crippen LogP contribution >= 0.6 is 0 Å². The number of ether oxygens (including phenoxy) is 1. The zero-order valence-electron chi connectivity index (χ0n) is 12.5. The van der Waals surface area contributed by atoms with E-state index in [1.807, 2.05) is 18.2 Å². The van der Waals surface area contributed by atoms with Crippen molar-refractivity contribution in [2.75, 3.05) is 7.11 Å². The summed E-state index contributed by atoms with van der Waals surface area (Å²) in [5, 5.41) is 0. The molecular formula is C18H20N2O. The summed E-state index contributed by atoms with van der Waals surface area (Å²) in [5.41, 5.74) is 3.63. The van der Waals surface area contributed by atoms with Gasteiger partial charge < -0.3 is 9.30 Å². The van der Waals surface area contributed by atoms with Gasteiger partial charge in [-0.15, -0.1) is 0 Å². The molecule has 0 unspecified atom stereocenters. The molecule has 0 N–H and O–H groups in total. The summed E-state index contributed by atoms with van der Waals surface area (Å²) in [4.78, 5) is 4.71. The number of aromatic nitrogens is 2. The smallest absolute Gasteiger partial charge is 0.118 e. The average molecular weight is 280 g/mol. The van der Waals surface area contributed by atoms with Gasteiger partial charge in [0, 0.05) is 13.0 Å². The first-order chi connectivity index (χ1) is 10.3. The van der Waals surface area contributed by atoms with E-state index in [9.17, 15) is 0 Å². The second kappa shape index (κ2) is 6.00. The van der Waals surface area contributed by atoms with E-state index in [0.29, 0.717) is 0 Å². The summed E-state index contributed by atoms with van der Waals surface area (Å²) in [6.45, 7) is 3.11. The molecule has 2 aromatic carbocycles. The van der Waals surface area contributed by atoms with Crippen LogP contribution in [-0.2, 0) is 19.4 Å². The molecule has 0 radical (unpaired) electrons. The van der Waals surface area contributed by atoms with Crippen LogP contribution in [0.1, 0.15) is 18.3 Å². The predicted molar refractivity (Wildman–Crippen MR) is 85.8 cm³/mol. The monoisotopic (exact) mass is 280 g/mol. The van der Waals surface area contributed by atoms with Gasteiger partial charge in [0.25, 0.3) is 0 Å². The molecule has 0 bridgehead atoms. The molecule has 0 atom stereocenters. The number of para-hydroxylation sites is 2. The summed E-state index contributed by atoms with van der Waals surface area (Å²) in [5.74, 6) is 2.06. The lowest BCUT2D eigenvalue weighted by Gasteiger charge is -2.09. The van der Waals surface area contributed by atoms with Crippen molar-refractivity contribution in [3.8, 4) is 5.75 Å². The molecule has 3 rings (SSSR count). The first kappa shape index (κ1) is 13.7. The molecule has 0 aliphatic heterocycles. The molecular weight excluding hydrogens is 260 g/mol. The molecule has 3 heteroatoms. The molecule has 1 heterocycles. The minimum atomic E-state index is 0.904. The first-order valence-corrected chi connectivity index (χ1v) is 7.39. The molecule has 3 nitrogen and oxygen atoms in total. The Balaban J connectivity index is 1.83. The Morgan fingerprint density at radius 1 is 1.05 bits per heavy atom. The van der Waals surface area contributed by atoms with Crippen molar-refractivity contribution in [1.82, 2.24) is 9.55 Å². The van der Waals surface area contributed by atoms with Crippen molar-refractivity contribution in [2.45, 2.75) is 26.3 Å². The number of hydrogen-bond donors (Lipinski definition) is 0. The van der Waals surface area contributed by atoms with E-state index in [1.54, 1.807) is 7.11 Å². The highest BCUT2D eigenvalue weighted by molar-refractivity contribution is 5.75. The molecule has 1 aromatic heterocycles. The highest BCUT2D eigenvalue weighted by Gasteiger charge is 2.08. The van der Waals surface area contributed by atoms with E-state index < -0.39 is 0 Å². The van der Waals surface area contributed by atoms with Crippen LogP contribution in [-0.4, -0.2) is 16.7 Å². The number of rotatable bonds is 5. The minimum absolute atomic E-state index is 0.904. The van der Waals surface area contributed by atoms with Crippen molar-refractivity contribution in [1.29, 1.82) is 0 Å². The number of aryl methyl sites for hydroxylation is 3. The molecule has 3 aromatic rings. The maximum Gasteiger partial charge on any atom is 0.118 e. The normalized spacial score (nSPS) is 11.0. The lowest BCUT2D eigenvalue weighted by molar-refractivity contribution is 0.414. The van der Waals surface area contributed by atoms with Crippen LogP contribution in [0.25, 0.3) is 11.0 Å². The molecule has 21 heavy (non-hydrogen) atoms. The van der Waals surface area contributed by atoms with Gasteiger partial charge in [0.1, 0.15) is 11.6 Å². The SMILES string of the molecule is CCc1nc2ccccc2n1CCc1ccc(OC)cc1. The minimum Gasteiger partial charge on any atom is -0.497 e. The van der Waals surface area contributed by atoms with E-state index in [0.717, 1.165) is 36.5 Å². The number of benzene rings is 2. The average Bonchev–Trinajstić information content (AvgIpc) is 2.91. The highest BCUT2D eigenvalue weighted by atomic mass is 16.5. The number of nitrogens with zero attached hydrogens (tertiary/aromatic N) is 2. The zero-order valence-corrected chi connectivity index (χ0v) is 12.5. The van der Waals surface area contributed by atoms with Gasteiger partial charge in [0.15, 0.2) is 0 Å². The third kappa shape index (κ3) is 2.77. The van der Waals surface area contributed by atoms with Crippen molar-refractivity contribution in [3.05, 3.63) is 59.9 Å². The molecule has 0 saturated carbocycles. The van der Waals surface area contributed by atoms with E-state index >= 15 is 0 Å². The molecule has 0 amide bonds. The maximum absolute atomic E-state index is 5.20. The van der Waals surface area contributed by atoms with Crippen LogP contribution in [0, 0.1) is 0 Å². The fraction of sp³-hybridized carbons (Fsp3) is 0.278.